The van der Waals surface area contributed by atoms with Gasteiger partial charge in [-0.2, -0.15) is 0 Å². The fraction of sp³-hybridized carbons (Fsp3) is 1.00. The number of rotatable bonds is 7. The molecule has 0 saturated heterocycles. The third-order valence-corrected chi connectivity index (χ3v) is 3.14. The summed E-state index contributed by atoms with van der Waals surface area (Å²) in [5.74, 6) is 0. The van der Waals surface area contributed by atoms with Crippen molar-refractivity contribution in [2.75, 3.05) is 34.4 Å². The van der Waals surface area contributed by atoms with Crippen LogP contribution in [0.1, 0.15) is 25.7 Å². The van der Waals surface area contributed by atoms with Crippen LogP contribution >= 0.6 is 0 Å². The Labute approximate surface area is 87.4 Å². The molecule has 0 aromatic carbocycles. The third kappa shape index (κ3) is 3.56. The second kappa shape index (κ2) is 6.38. The van der Waals surface area contributed by atoms with Crippen LogP contribution < -0.4 is 0 Å². The van der Waals surface area contributed by atoms with Crippen molar-refractivity contribution in [3.63, 3.8) is 0 Å². The lowest BCUT2D eigenvalue weighted by Crippen LogP contribution is -2.46. The van der Waals surface area contributed by atoms with Crippen molar-refractivity contribution in [3.05, 3.63) is 0 Å². The van der Waals surface area contributed by atoms with E-state index in [2.05, 4.69) is 11.9 Å². The number of unbranched alkanes of at least 4 members (excludes halogenated alkanes) is 1. The molecule has 1 aliphatic rings. The van der Waals surface area contributed by atoms with E-state index in [0.29, 0.717) is 6.10 Å². The van der Waals surface area contributed by atoms with E-state index < -0.39 is 0 Å². The molecule has 0 bridgehead atoms. The number of hydrogen-bond acceptors (Lipinski definition) is 3. The molecule has 0 amide bonds. The van der Waals surface area contributed by atoms with Crippen molar-refractivity contribution >= 4 is 0 Å². The average molecular weight is 201 g/mol. The van der Waals surface area contributed by atoms with Crippen LogP contribution in [0, 0.1) is 0 Å². The highest BCUT2D eigenvalue weighted by molar-refractivity contribution is 4.86. The summed E-state index contributed by atoms with van der Waals surface area (Å²) >= 11 is 0. The summed E-state index contributed by atoms with van der Waals surface area (Å²) < 4.78 is 10.3. The molecule has 14 heavy (non-hydrogen) atoms. The first-order valence-corrected chi connectivity index (χ1v) is 5.50. The van der Waals surface area contributed by atoms with E-state index in [4.69, 9.17) is 9.47 Å². The Morgan fingerprint density at radius 1 is 1.21 bits per heavy atom. The van der Waals surface area contributed by atoms with Gasteiger partial charge in [-0.3, -0.25) is 0 Å². The van der Waals surface area contributed by atoms with Crippen molar-refractivity contribution in [2.45, 2.75) is 37.8 Å². The van der Waals surface area contributed by atoms with Gasteiger partial charge in [0.15, 0.2) is 0 Å². The van der Waals surface area contributed by atoms with E-state index in [1.54, 1.807) is 14.2 Å². The lowest BCUT2D eigenvalue weighted by molar-refractivity contribution is -0.0199. The summed E-state index contributed by atoms with van der Waals surface area (Å²) in [5, 5.41) is 0. The molecule has 3 nitrogen and oxygen atoms in total. The highest BCUT2D eigenvalue weighted by Gasteiger charge is 2.31. The summed E-state index contributed by atoms with van der Waals surface area (Å²) in [7, 11) is 5.78. The van der Waals surface area contributed by atoms with Crippen molar-refractivity contribution in [1.29, 1.82) is 0 Å². The first kappa shape index (κ1) is 12.0. The van der Waals surface area contributed by atoms with Gasteiger partial charge >= 0.3 is 0 Å². The molecule has 0 aliphatic heterocycles. The maximum absolute atomic E-state index is 5.26. The van der Waals surface area contributed by atoms with Crippen molar-refractivity contribution in [3.8, 4) is 0 Å². The Balaban J connectivity index is 1.97. The molecule has 0 unspecified atom stereocenters. The molecule has 1 rings (SSSR count). The standard InChI is InChI=1S/C11H23NO2/c1-12(6-4-5-7-13-2)10-8-11(9-10)14-3/h10-11H,4-9H2,1-3H3. The van der Waals surface area contributed by atoms with Gasteiger partial charge in [-0.15, -0.1) is 0 Å². The SMILES string of the molecule is COCCCCN(C)C1CC(OC)C1. The van der Waals surface area contributed by atoms with E-state index in [-0.39, 0.29) is 0 Å². The Bertz CT molecular complexity index is 146. The molecule has 0 radical (unpaired) electrons. The topological polar surface area (TPSA) is 21.7 Å². The number of methoxy groups -OCH3 is 2. The van der Waals surface area contributed by atoms with Crippen molar-refractivity contribution in [2.24, 2.45) is 0 Å². The van der Waals surface area contributed by atoms with E-state index in [1.807, 2.05) is 0 Å². The Kier molecular flexibility index (Phi) is 5.45. The lowest BCUT2D eigenvalue weighted by Gasteiger charge is -2.40. The summed E-state index contributed by atoms with van der Waals surface area (Å²) in [6, 6.07) is 0.752. The summed E-state index contributed by atoms with van der Waals surface area (Å²) in [4.78, 5) is 2.45. The quantitative estimate of drug-likeness (QED) is 0.583. The zero-order valence-corrected chi connectivity index (χ0v) is 9.66. The molecule has 0 aromatic heterocycles. The molecule has 1 aliphatic carbocycles. The second-order valence-corrected chi connectivity index (χ2v) is 4.16. The molecule has 0 N–H and O–H groups in total. The van der Waals surface area contributed by atoms with Crippen LogP contribution in [0.15, 0.2) is 0 Å². The predicted octanol–water partition coefficient (Wildman–Crippen LogP) is 1.52. The first-order chi connectivity index (χ1) is 6.77. The van der Waals surface area contributed by atoms with Gasteiger partial charge in [-0.1, -0.05) is 0 Å². The summed E-state index contributed by atoms with van der Waals surface area (Å²) in [6.07, 6.45) is 5.33. The smallest absolute Gasteiger partial charge is 0.0601 e. The molecule has 1 fully saturated rings. The lowest BCUT2D eigenvalue weighted by atomic mass is 9.88. The van der Waals surface area contributed by atoms with Gasteiger partial charge in [0.2, 0.25) is 0 Å². The molecule has 0 heterocycles. The monoisotopic (exact) mass is 201 g/mol. The number of nitrogens with zero attached hydrogens (tertiary/aromatic N) is 1. The highest BCUT2D eigenvalue weighted by Crippen LogP contribution is 2.26. The van der Waals surface area contributed by atoms with Gasteiger partial charge < -0.3 is 14.4 Å². The minimum atomic E-state index is 0.515. The highest BCUT2D eigenvalue weighted by atomic mass is 16.5. The van der Waals surface area contributed by atoms with E-state index in [1.165, 1.54) is 32.2 Å². The van der Waals surface area contributed by atoms with Crippen LogP contribution in [0.3, 0.4) is 0 Å². The zero-order valence-electron chi connectivity index (χ0n) is 9.66. The third-order valence-electron chi connectivity index (χ3n) is 3.14. The fourth-order valence-corrected chi connectivity index (χ4v) is 1.88. The minimum Gasteiger partial charge on any atom is -0.385 e. The normalized spacial score (nSPS) is 26.6. The molecule has 0 atom stereocenters. The molecule has 1 saturated carbocycles. The zero-order chi connectivity index (χ0) is 10.4. The molecule has 3 heteroatoms. The van der Waals surface area contributed by atoms with Gasteiger partial charge in [0.25, 0.3) is 0 Å². The maximum Gasteiger partial charge on any atom is 0.0601 e. The van der Waals surface area contributed by atoms with E-state index in [0.717, 1.165) is 12.6 Å². The first-order valence-electron chi connectivity index (χ1n) is 5.50. The van der Waals surface area contributed by atoms with Gasteiger partial charge in [0, 0.05) is 26.9 Å². The second-order valence-electron chi connectivity index (χ2n) is 4.16. The van der Waals surface area contributed by atoms with Gasteiger partial charge in [0.05, 0.1) is 6.10 Å². The van der Waals surface area contributed by atoms with Crippen LogP contribution in [0.2, 0.25) is 0 Å². The maximum atomic E-state index is 5.26. The summed E-state index contributed by atoms with van der Waals surface area (Å²) in [6.45, 7) is 2.07. The van der Waals surface area contributed by atoms with Crippen LogP contribution in [0.25, 0.3) is 0 Å². The minimum absolute atomic E-state index is 0.515. The van der Waals surface area contributed by atoms with Gasteiger partial charge in [-0.25, -0.2) is 0 Å². The van der Waals surface area contributed by atoms with E-state index >= 15 is 0 Å². The van der Waals surface area contributed by atoms with E-state index in [9.17, 15) is 0 Å². The molecule has 0 aromatic rings. The average Bonchev–Trinajstić information content (AvgIpc) is 2.11. The Hall–Kier alpha value is -0.120. The van der Waals surface area contributed by atoms with Crippen molar-refractivity contribution < 1.29 is 9.47 Å². The molecular weight excluding hydrogens is 178 g/mol. The van der Waals surface area contributed by atoms with Gasteiger partial charge in [0.1, 0.15) is 0 Å². The van der Waals surface area contributed by atoms with Crippen LogP contribution in [0.5, 0.6) is 0 Å². The number of ether oxygens (including phenoxy) is 2. The number of hydrogen-bond donors (Lipinski definition) is 0. The predicted molar refractivity (Wildman–Crippen MR) is 57.6 cm³/mol. The molecule has 84 valence electrons. The van der Waals surface area contributed by atoms with Crippen LogP contribution in [-0.4, -0.2) is 51.5 Å². The summed E-state index contributed by atoms with van der Waals surface area (Å²) in [5.41, 5.74) is 0. The molecule has 0 spiro atoms. The Morgan fingerprint density at radius 3 is 2.50 bits per heavy atom. The largest absolute Gasteiger partial charge is 0.385 e. The van der Waals surface area contributed by atoms with Crippen LogP contribution in [0.4, 0.5) is 0 Å². The molecular formula is C11H23NO2. The van der Waals surface area contributed by atoms with Crippen LogP contribution in [-0.2, 0) is 9.47 Å². The van der Waals surface area contributed by atoms with Crippen molar-refractivity contribution in [1.82, 2.24) is 4.90 Å². The Morgan fingerprint density at radius 2 is 1.93 bits per heavy atom. The fourth-order valence-electron chi connectivity index (χ4n) is 1.88. The van der Waals surface area contributed by atoms with Gasteiger partial charge in [-0.05, 0) is 39.3 Å².